The van der Waals surface area contributed by atoms with E-state index in [1.54, 1.807) is 6.92 Å². The average Bonchev–Trinajstić information content (AvgIpc) is 2.72. The van der Waals surface area contributed by atoms with Crippen molar-refractivity contribution in [2.45, 2.75) is 25.9 Å². The lowest BCUT2D eigenvalue weighted by Crippen LogP contribution is -2.51. The van der Waals surface area contributed by atoms with Gasteiger partial charge in [-0.15, -0.1) is 0 Å². The van der Waals surface area contributed by atoms with Gasteiger partial charge in [0, 0.05) is 13.6 Å². The molecular weight excluding hydrogens is 428 g/mol. The van der Waals surface area contributed by atoms with Crippen LogP contribution < -0.4 is 9.62 Å². The van der Waals surface area contributed by atoms with Crippen molar-refractivity contribution in [2.75, 3.05) is 24.2 Å². The average molecular weight is 454 g/mol. The second kappa shape index (κ2) is 10.3. The molecule has 0 aliphatic heterocycles. The van der Waals surface area contributed by atoms with E-state index in [4.69, 9.17) is 0 Å². The Bertz CT molecular complexity index is 1030. The highest BCUT2D eigenvalue weighted by Gasteiger charge is 2.32. The van der Waals surface area contributed by atoms with Gasteiger partial charge in [-0.3, -0.25) is 13.9 Å². The molecule has 0 aliphatic rings. The molecule has 2 rings (SSSR count). The van der Waals surface area contributed by atoms with Gasteiger partial charge in [0.1, 0.15) is 24.2 Å². The maximum absolute atomic E-state index is 14.3. The van der Waals surface area contributed by atoms with Gasteiger partial charge in [-0.1, -0.05) is 31.2 Å². The number of amides is 2. The van der Waals surface area contributed by atoms with Crippen LogP contribution in [0.5, 0.6) is 0 Å². The number of hydrogen-bond donors (Lipinski definition) is 1. The van der Waals surface area contributed by atoms with E-state index in [2.05, 4.69) is 5.32 Å². The number of para-hydroxylation sites is 1. The van der Waals surface area contributed by atoms with E-state index >= 15 is 0 Å². The molecule has 31 heavy (non-hydrogen) atoms. The maximum Gasteiger partial charge on any atom is 0.244 e. The zero-order chi connectivity index (χ0) is 23.2. The standard InChI is InChI=1S/C21H25F2N3O4S/c1-4-18(21(28)24-2)25(13-15-9-11-16(22)12-10-15)20(27)14-26(31(3,29)30)19-8-6-5-7-17(19)23/h5-12,18H,4,13-14H2,1-3H3,(H,24,28)/t18-/m1/s1. The first-order valence-electron chi connectivity index (χ1n) is 9.56. The Morgan fingerprint density at radius 2 is 1.68 bits per heavy atom. The molecule has 0 fully saturated rings. The first-order chi connectivity index (χ1) is 14.6. The Kier molecular flexibility index (Phi) is 8.09. The van der Waals surface area contributed by atoms with Crippen molar-refractivity contribution in [2.24, 2.45) is 0 Å². The Labute approximate surface area is 180 Å². The minimum Gasteiger partial charge on any atom is -0.357 e. The summed E-state index contributed by atoms with van der Waals surface area (Å²) in [5.74, 6) is -2.39. The molecule has 7 nitrogen and oxygen atoms in total. The van der Waals surface area contributed by atoms with Crippen molar-refractivity contribution >= 4 is 27.5 Å². The number of nitrogens with one attached hydrogen (secondary N) is 1. The van der Waals surface area contributed by atoms with Crippen LogP contribution >= 0.6 is 0 Å². The number of halogens is 2. The molecule has 0 heterocycles. The van der Waals surface area contributed by atoms with Crippen LogP contribution in [0.15, 0.2) is 48.5 Å². The van der Waals surface area contributed by atoms with Crippen molar-refractivity contribution in [1.82, 2.24) is 10.2 Å². The second-order valence-corrected chi connectivity index (χ2v) is 8.81. The molecule has 0 bridgehead atoms. The summed E-state index contributed by atoms with van der Waals surface area (Å²) in [6.45, 7) is 0.949. The van der Waals surface area contributed by atoms with E-state index in [1.807, 2.05) is 0 Å². The summed E-state index contributed by atoms with van der Waals surface area (Å²) >= 11 is 0. The van der Waals surface area contributed by atoms with Gasteiger partial charge in [0.05, 0.1) is 11.9 Å². The van der Waals surface area contributed by atoms with Crippen molar-refractivity contribution in [3.8, 4) is 0 Å². The quantitative estimate of drug-likeness (QED) is 0.631. The largest absolute Gasteiger partial charge is 0.357 e. The second-order valence-electron chi connectivity index (χ2n) is 6.91. The third kappa shape index (κ3) is 6.24. The number of anilines is 1. The van der Waals surface area contributed by atoms with E-state index < -0.39 is 46.1 Å². The number of likely N-dealkylation sites (N-methyl/N-ethyl adjacent to an activating group) is 1. The van der Waals surface area contributed by atoms with Gasteiger partial charge in [0.25, 0.3) is 0 Å². The van der Waals surface area contributed by atoms with E-state index in [9.17, 15) is 26.8 Å². The summed E-state index contributed by atoms with van der Waals surface area (Å²) in [6, 6.07) is 9.69. The third-order valence-corrected chi connectivity index (χ3v) is 5.83. The topological polar surface area (TPSA) is 86.8 Å². The summed E-state index contributed by atoms with van der Waals surface area (Å²) in [5, 5.41) is 2.49. The van der Waals surface area contributed by atoms with Gasteiger partial charge in [-0.25, -0.2) is 17.2 Å². The monoisotopic (exact) mass is 453 g/mol. The lowest BCUT2D eigenvalue weighted by molar-refractivity contribution is -0.140. The van der Waals surface area contributed by atoms with Gasteiger partial charge < -0.3 is 10.2 Å². The van der Waals surface area contributed by atoms with E-state index in [1.165, 1.54) is 54.4 Å². The fourth-order valence-electron chi connectivity index (χ4n) is 3.12. The van der Waals surface area contributed by atoms with Gasteiger partial charge >= 0.3 is 0 Å². The number of benzene rings is 2. The SMILES string of the molecule is CC[C@H](C(=O)NC)N(Cc1ccc(F)cc1)C(=O)CN(c1ccccc1F)S(C)(=O)=O. The zero-order valence-electron chi connectivity index (χ0n) is 17.5. The molecule has 0 unspecified atom stereocenters. The third-order valence-electron chi connectivity index (χ3n) is 4.70. The highest BCUT2D eigenvalue weighted by molar-refractivity contribution is 7.92. The van der Waals surface area contributed by atoms with Crippen LogP contribution in [0.2, 0.25) is 0 Å². The Morgan fingerprint density at radius 3 is 2.19 bits per heavy atom. The van der Waals surface area contributed by atoms with Crippen LogP contribution in [0.4, 0.5) is 14.5 Å². The lowest BCUT2D eigenvalue weighted by Gasteiger charge is -2.32. The molecule has 0 aliphatic carbocycles. The van der Waals surface area contributed by atoms with Crippen molar-refractivity contribution in [1.29, 1.82) is 0 Å². The highest BCUT2D eigenvalue weighted by atomic mass is 32.2. The summed E-state index contributed by atoms with van der Waals surface area (Å²) < 4.78 is 52.9. The smallest absolute Gasteiger partial charge is 0.244 e. The fraction of sp³-hybridized carbons (Fsp3) is 0.333. The first kappa shape index (κ1) is 24.3. The number of carbonyl (C=O) groups excluding carboxylic acids is 2. The van der Waals surface area contributed by atoms with Crippen LogP contribution in [-0.2, 0) is 26.2 Å². The minimum absolute atomic E-state index is 0.0556. The Balaban J connectivity index is 2.43. The molecule has 1 N–H and O–H groups in total. The van der Waals surface area contributed by atoms with Crippen LogP contribution in [0.1, 0.15) is 18.9 Å². The van der Waals surface area contributed by atoms with Crippen LogP contribution in [0.25, 0.3) is 0 Å². The number of nitrogens with zero attached hydrogens (tertiary/aromatic N) is 2. The summed E-state index contributed by atoms with van der Waals surface area (Å²) in [5.41, 5.74) is 0.280. The van der Waals surface area contributed by atoms with Crippen LogP contribution in [0, 0.1) is 11.6 Å². The molecule has 2 amide bonds. The molecule has 0 saturated carbocycles. The fourth-order valence-corrected chi connectivity index (χ4v) is 3.97. The molecule has 2 aromatic carbocycles. The minimum atomic E-state index is -4.01. The van der Waals surface area contributed by atoms with E-state index in [0.717, 1.165) is 12.3 Å². The number of rotatable bonds is 9. The molecule has 0 saturated heterocycles. The van der Waals surface area contributed by atoms with Gasteiger partial charge in [0.15, 0.2) is 0 Å². The normalized spacial score (nSPS) is 12.2. The molecule has 0 spiro atoms. The molecule has 168 valence electrons. The van der Waals surface area contributed by atoms with E-state index in [0.29, 0.717) is 9.87 Å². The maximum atomic E-state index is 14.3. The Hall–Kier alpha value is -3.01. The van der Waals surface area contributed by atoms with Gasteiger partial charge in [0.2, 0.25) is 21.8 Å². The number of carbonyl (C=O) groups is 2. The number of sulfonamides is 1. The van der Waals surface area contributed by atoms with Crippen LogP contribution in [0.3, 0.4) is 0 Å². The summed E-state index contributed by atoms with van der Waals surface area (Å²) in [4.78, 5) is 26.8. The first-order valence-corrected chi connectivity index (χ1v) is 11.4. The summed E-state index contributed by atoms with van der Waals surface area (Å²) in [6.07, 6.45) is 1.12. The number of hydrogen-bond acceptors (Lipinski definition) is 4. The highest BCUT2D eigenvalue weighted by Crippen LogP contribution is 2.22. The Morgan fingerprint density at radius 1 is 1.06 bits per heavy atom. The summed E-state index contributed by atoms with van der Waals surface area (Å²) in [7, 11) is -2.59. The zero-order valence-corrected chi connectivity index (χ0v) is 18.3. The van der Waals surface area contributed by atoms with Gasteiger partial charge in [-0.05, 0) is 36.2 Å². The molecule has 10 heteroatoms. The van der Waals surface area contributed by atoms with Crippen LogP contribution in [-0.4, -0.2) is 51.0 Å². The van der Waals surface area contributed by atoms with Crippen molar-refractivity contribution in [3.05, 3.63) is 65.7 Å². The predicted molar refractivity (Wildman–Crippen MR) is 114 cm³/mol. The molecule has 1 atom stereocenters. The molecule has 0 radical (unpaired) electrons. The molecule has 2 aromatic rings. The van der Waals surface area contributed by atoms with Crippen molar-refractivity contribution < 1.29 is 26.8 Å². The molecular formula is C21H25F2N3O4S. The lowest BCUT2D eigenvalue weighted by atomic mass is 10.1. The van der Waals surface area contributed by atoms with Gasteiger partial charge in [-0.2, -0.15) is 0 Å². The predicted octanol–water partition coefficient (Wildman–Crippen LogP) is 2.28. The van der Waals surface area contributed by atoms with Crippen molar-refractivity contribution in [3.63, 3.8) is 0 Å². The van der Waals surface area contributed by atoms with E-state index in [-0.39, 0.29) is 18.7 Å². The molecule has 0 aromatic heterocycles.